The number of benzene rings is 1. The van der Waals surface area contributed by atoms with Gasteiger partial charge in [-0.2, -0.15) is 13.2 Å². The van der Waals surface area contributed by atoms with Gasteiger partial charge in [-0.1, -0.05) is 0 Å². The van der Waals surface area contributed by atoms with Gasteiger partial charge in [-0.05, 0) is 49.2 Å². The summed E-state index contributed by atoms with van der Waals surface area (Å²) in [4.78, 5) is 18.8. The molecule has 4 rings (SSSR count). The maximum absolute atomic E-state index is 12.9. The van der Waals surface area contributed by atoms with Crippen LogP contribution in [0.2, 0.25) is 0 Å². The van der Waals surface area contributed by atoms with Gasteiger partial charge in [-0.3, -0.25) is 9.78 Å². The van der Waals surface area contributed by atoms with E-state index in [2.05, 4.69) is 4.98 Å². The number of hydrogen-bond donors (Lipinski definition) is 0. The molecule has 2 saturated heterocycles. The molecule has 0 aliphatic carbocycles. The molecule has 2 unspecified atom stereocenters. The summed E-state index contributed by atoms with van der Waals surface area (Å²) in [5.74, 6) is 0.514. The minimum atomic E-state index is -4.40. The zero-order valence-electron chi connectivity index (χ0n) is 14.5. The number of aromatic nitrogens is 1. The average Bonchev–Trinajstić information content (AvgIpc) is 2.92. The molecule has 0 saturated carbocycles. The van der Waals surface area contributed by atoms with E-state index in [9.17, 15) is 18.0 Å². The number of halogens is 3. The number of carbonyl (C=O) groups excluding carboxylic acids is 1. The summed E-state index contributed by atoms with van der Waals surface area (Å²) in [7, 11) is 0. The number of alkyl halides is 3. The van der Waals surface area contributed by atoms with Crippen LogP contribution in [0.3, 0.4) is 0 Å². The van der Waals surface area contributed by atoms with Crippen LogP contribution in [-0.2, 0) is 6.18 Å². The predicted octanol–water partition coefficient (Wildman–Crippen LogP) is 4.32. The molecule has 2 atom stereocenters. The average molecular weight is 376 g/mol. The quantitative estimate of drug-likeness (QED) is 0.802. The zero-order chi connectivity index (χ0) is 19.0. The minimum absolute atomic E-state index is 0.0170. The monoisotopic (exact) mass is 376 g/mol. The summed E-state index contributed by atoms with van der Waals surface area (Å²) in [6.07, 6.45) is 2.19. The molecule has 0 N–H and O–H groups in total. The van der Waals surface area contributed by atoms with Crippen molar-refractivity contribution in [1.29, 1.82) is 0 Å². The van der Waals surface area contributed by atoms with Gasteiger partial charge in [0.25, 0.3) is 5.91 Å². The van der Waals surface area contributed by atoms with Gasteiger partial charge in [0.1, 0.15) is 11.9 Å². The maximum Gasteiger partial charge on any atom is 0.416 e. The molecule has 2 aliphatic heterocycles. The fourth-order valence-electron chi connectivity index (χ4n) is 4.12. The molecule has 142 valence electrons. The van der Waals surface area contributed by atoms with E-state index in [1.807, 2.05) is 17.0 Å². The highest BCUT2D eigenvalue weighted by atomic mass is 19.4. The Balaban J connectivity index is 1.45. The second kappa shape index (κ2) is 6.87. The van der Waals surface area contributed by atoms with Crippen molar-refractivity contribution < 1.29 is 22.7 Å². The van der Waals surface area contributed by atoms with Gasteiger partial charge < -0.3 is 9.64 Å². The number of carbonyl (C=O) groups is 1. The highest BCUT2D eigenvalue weighted by Crippen LogP contribution is 2.38. The number of nitrogens with zero attached hydrogens (tertiary/aromatic N) is 2. The van der Waals surface area contributed by atoms with Crippen LogP contribution in [0.5, 0.6) is 5.75 Å². The van der Waals surface area contributed by atoms with Crippen molar-refractivity contribution in [3.05, 3.63) is 59.9 Å². The van der Waals surface area contributed by atoms with Crippen molar-refractivity contribution in [2.24, 2.45) is 0 Å². The lowest BCUT2D eigenvalue weighted by Gasteiger charge is -2.39. The van der Waals surface area contributed by atoms with Crippen LogP contribution in [0.15, 0.2) is 48.8 Å². The highest BCUT2D eigenvalue weighted by Gasteiger charge is 2.44. The SMILES string of the molecule is O=C(c1ccc(C(F)(F)F)cc1)N1C2CCC1CC(Oc1cccnc1)C2. The van der Waals surface area contributed by atoms with E-state index in [1.54, 1.807) is 12.4 Å². The third-order valence-corrected chi connectivity index (χ3v) is 5.32. The van der Waals surface area contributed by atoms with Gasteiger partial charge in [-0.25, -0.2) is 0 Å². The number of amides is 1. The Morgan fingerprint density at radius 1 is 1.07 bits per heavy atom. The molecule has 1 aromatic heterocycles. The van der Waals surface area contributed by atoms with Gasteiger partial charge in [-0.15, -0.1) is 0 Å². The van der Waals surface area contributed by atoms with E-state index in [4.69, 9.17) is 4.74 Å². The smallest absolute Gasteiger partial charge is 0.416 e. The van der Waals surface area contributed by atoms with Crippen molar-refractivity contribution in [2.45, 2.75) is 50.0 Å². The molecule has 0 radical (unpaired) electrons. The molecule has 1 amide bonds. The van der Waals surface area contributed by atoms with Crippen molar-refractivity contribution in [1.82, 2.24) is 9.88 Å². The summed E-state index contributed by atoms with van der Waals surface area (Å²) in [5.41, 5.74) is -0.447. The molecule has 2 aromatic rings. The first-order valence-electron chi connectivity index (χ1n) is 8.98. The summed E-state index contributed by atoms with van der Waals surface area (Å²) in [6, 6.07) is 8.24. The first-order chi connectivity index (χ1) is 12.9. The maximum atomic E-state index is 12.9. The largest absolute Gasteiger partial charge is 0.489 e. The fourth-order valence-corrected chi connectivity index (χ4v) is 4.12. The van der Waals surface area contributed by atoms with Crippen LogP contribution in [-0.4, -0.2) is 34.0 Å². The molecule has 2 bridgehead atoms. The van der Waals surface area contributed by atoms with Crippen molar-refractivity contribution in [2.75, 3.05) is 0 Å². The Hall–Kier alpha value is -2.57. The normalized spacial score (nSPS) is 24.7. The van der Waals surface area contributed by atoms with E-state index < -0.39 is 11.7 Å². The first-order valence-corrected chi connectivity index (χ1v) is 8.98. The second-order valence-electron chi connectivity index (χ2n) is 7.07. The minimum Gasteiger partial charge on any atom is -0.489 e. The second-order valence-corrected chi connectivity index (χ2v) is 7.07. The zero-order valence-corrected chi connectivity index (χ0v) is 14.5. The lowest BCUT2D eigenvalue weighted by Crippen LogP contribution is -2.49. The molecule has 4 nitrogen and oxygen atoms in total. The number of pyridine rings is 1. The van der Waals surface area contributed by atoms with Gasteiger partial charge in [0, 0.05) is 36.7 Å². The Bertz CT molecular complexity index is 794. The van der Waals surface area contributed by atoms with Crippen molar-refractivity contribution in [3.63, 3.8) is 0 Å². The molecule has 7 heteroatoms. The third kappa shape index (κ3) is 3.63. The van der Waals surface area contributed by atoms with E-state index in [-0.39, 0.29) is 24.1 Å². The standard InChI is InChI=1S/C20H19F3N2O2/c21-20(22,23)14-5-3-13(4-6-14)19(26)25-15-7-8-16(25)11-18(10-15)27-17-2-1-9-24-12-17/h1-6,9,12,15-16,18H,7-8,10-11H2. The number of ether oxygens (including phenoxy) is 1. The van der Waals surface area contributed by atoms with Gasteiger partial charge in [0.15, 0.2) is 0 Å². The number of hydrogen-bond acceptors (Lipinski definition) is 3. The predicted molar refractivity (Wildman–Crippen MR) is 92.3 cm³/mol. The van der Waals surface area contributed by atoms with Crippen LogP contribution in [0.4, 0.5) is 13.2 Å². The van der Waals surface area contributed by atoms with Crippen molar-refractivity contribution >= 4 is 5.91 Å². The molecular weight excluding hydrogens is 357 g/mol. The number of fused-ring (bicyclic) bond motifs is 2. The van der Waals surface area contributed by atoms with Crippen LogP contribution in [0, 0.1) is 0 Å². The van der Waals surface area contributed by atoms with E-state index in [1.165, 1.54) is 12.1 Å². The molecule has 3 heterocycles. The number of rotatable bonds is 3. The molecule has 2 fully saturated rings. The van der Waals surface area contributed by atoms with Gasteiger partial charge in [0.2, 0.25) is 0 Å². The number of piperidine rings is 1. The van der Waals surface area contributed by atoms with Crippen LogP contribution >= 0.6 is 0 Å². The van der Waals surface area contributed by atoms with Crippen LogP contribution in [0.1, 0.15) is 41.6 Å². The van der Waals surface area contributed by atoms with Crippen LogP contribution < -0.4 is 4.74 Å². The lowest BCUT2D eigenvalue weighted by molar-refractivity contribution is -0.137. The Morgan fingerprint density at radius 2 is 1.74 bits per heavy atom. The van der Waals surface area contributed by atoms with Gasteiger partial charge in [0.05, 0.1) is 11.8 Å². The Kier molecular flexibility index (Phi) is 4.53. The van der Waals surface area contributed by atoms with E-state index in [0.717, 1.165) is 37.8 Å². The molecule has 0 spiro atoms. The molecular formula is C20H19F3N2O2. The van der Waals surface area contributed by atoms with E-state index in [0.29, 0.717) is 11.3 Å². The highest BCUT2D eigenvalue weighted by molar-refractivity contribution is 5.95. The van der Waals surface area contributed by atoms with Crippen LogP contribution in [0.25, 0.3) is 0 Å². The third-order valence-electron chi connectivity index (χ3n) is 5.32. The molecule has 1 aromatic carbocycles. The van der Waals surface area contributed by atoms with Gasteiger partial charge >= 0.3 is 6.18 Å². The fraction of sp³-hybridized carbons (Fsp3) is 0.400. The first kappa shape index (κ1) is 17.8. The van der Waals surface area contributed by atoms with Crippen molar-refractivity contribution in [3.8, 4) is 5.75 Å². The molecule has 27 heavy (non-hydrogen) atoms. The molecule has 2 aliphatic rings. The van der Waals surface area contributed by atoms with E-state index >= 15 is 0 Å². The lowest BCUT2D eigenvalue weighted by atomic mass is 9.98. The Morgan fingerprint density at radius 3 is 2.30 bits per heavy atom. The summed E-state index contributed by atoms with van der Waals surface area (Å²) in [6.45, 7) is 0. The Labute approximate surface area is 155 Å². The topological polar surface area (TPSA) is 42.4 Å². The summed E-state index contributed by atoms with van der Waals surface area (Å²) < 4.78 is 44.2. The summed E-state index contributed by atoms with van der Waals surface area (Å²) in [5, 5.41) is 0. The summed E-state index contributed by atoms with van der Waals surface area (Å²) >= 11 is 0.